The summed E-state index contributed by atoms with van der Waals surface area (Å²) in [6.07, 6.45) is 0. The van der Waals surface area contributed by atoms with Crippen molar-refractivity contribution in [3.05, 3.63) is 57.2 Å². The SMILES string of the molecule is Cc1ccc(CNC(=O)CSc2nc3sccc3c(=O)[nH]2)cc1. The van der Waals surface area contributed by atoms with Gasteiger partial charge < -0.3 is 10.3 Å². The Labute approximate surface area is 141 Å². The van der Waals surface area contributed by atoms with Gasteiger partial charge in [0.2, 0.25) is 5.91 Å². The molecule has 1 aromatic carbocycles. The van der Waals surface area contributed by atoms with Gasteiger partial charge in [0.1, 0.15) is 4.83 Å². The molecule has 0 aliphatic carbocycles. The van der Waals surface area contributed by atoms with Gasteiger partial charge in [-0.1, -0.05) is 41.6 Å². The highest BCUT2D eigenvalue weighted by Gasteiger charge is 2.08. The molecule has 5 nitrogen and oxygen atoms in total. The van der Waals surface area contributed by atoms with Crippen LogP contribution in [0.4, 0.5) is 0 Å². The van der Waals surface area contributed by atoms with Gasteiger partial charge in [-0.25, -0.2) is 4.98 Å². The fourth-order valence-corrected chi connectivity index (χ4v) is 3.52. The maximum absolute atomic E-state index is 11.9. The van der Waals surface area contributed by atoms with Crippen LogP contribution in [0.15, 0.2) is 45.7 Å². The smallest absolute Gasteiger partial charge is 0.260 e. The topological polar surface area (TPSA) is 74.8 Å². The molecule has 0 spiro atoms. The van der Waals surface area contributed by atoms with E-state index in [2.05, 4.69) is 15.3 Å². The summed E-state index contributed by atoms with van der Waals surface area (Å²) >= 11 is 2.64. The van der Waals surface area contributed by atoms with Crippen LogP contribution < -0.4 is 10.9 Å². The van der Waals surface area contributed by atoms with Crippen LogP contribution in [-0.2, 0) is 11.3 Å². The van der Waals surface area contributed by atoms with Crippen LogP contribution in [0.2, 0.25) is 0 Å². The quantitative estimate of drug-likeness (QED) is 0.551. The largest absolute Gasteiger partial charge is 0.351 e. The van der Waals surface area contributed by atoms with Crippen molar-refractivity contribution in [2.24, 2.45) is 0 Å². The lowest BCUT2D eigenvalue weighted by atomic mass is 10.1. The van der Waals surface area contributed by atoms with E-state index in [4.69, 9.17) is 0 Å². The van der Waals surface area contributed by atoms with Gasteiger partial charge in [0.15, 0.2) is 5.16 Å². The monoisotopic (exact) mass is 345 g/mol. The van der Waals surface area contributed by atoms with Crippen LogP contribution in [0.25, 0.3) is 10.2 Å². The molecular weight excluding hydrogens is 330 g/mol. The number of fused-ring (bicyclic) bond motifs is 1. The first-order chi connectivity index (χ1) is 11.1. The Hall–Kier alpha value is -2.12. The van der Waals surface area contributed by atoms with Gasteiger partial charge in [-0.2, -0.15) is 0 Å². The van der Waals surface area contributed by atoms with E-state index in [0.717, 1.165) is 5.56 Å². The average molecular weight is 345 g/mol. The third-order valence-electron chi connectivity index (χ3n) is 3.26. The zero-order valence-electron chi connectivity index (χ0n) is 12.5. The minimum atomic E-state index is -0.168. The highest BCUT2D eigenvalue weighted by molar-refractivity contribution is 7.99. The number of H-pyrrole nitrogens is 1. The Kier molecular flexibility index (Phi) is 4.78. The number of rotatable bonds is 5. The number of benzene rings is 1. The summed E-state index contributed by atoms with van der Waals surface area (Å²) in [5.41, 5.74) is 2.08. The third-order valence-corrected chi connectivity index (χ3v) is 4.94. The summed E-state index contributed by atoms with van der Waals surface area (Å²) in [5.74, 6) is 0.121. The second kappa shape index (κ2) is 6.97. The molecule has 0 unspecified atom stereocenters. The molecular formula is C16H15N3O2S2. The van der Waals surface area contributed by atoms with Gasteiger partial charge in [-0.3, -0.25) is 9.59 Å². The lowest BCUT2D eigenvalue weighted by Gasteiger charge is -2.05. The molecule has 0 radical (unpaired) electrons. The fourth-order valence-electron chi connectivity index (χ4n) is 2.01. The molecule has 0 bridgehead atoms. The number of aromatic amines is 1. The summed E-state index contributed by atoms with van der Waals surface area (Å²) in [4.78, 5) is 31.5. The van der Waals surface area contributed by atoms with E-state index in [-0.39, 0.29) is 17.2 Å². The first-order valence-corrected chi connectivity index (χ1v) is 8.91. The number of thioether (sulfide) groups is 1. The van der Waals surface area contributed by atoms with Gasteiger partial charge in [-0.15, -0.1) is 11.3 Å². The predicted molar refractivity (Wildman–Crippen MR) is 94.0 cm³/mol. The summed E-state index contributed by atoms with van der Waals surface area (Å²) in [6, 6.07) is 9.76. The van der Waals surface area contributed by atoms with Gasteiger partial charge in [0, 0.05) is 6.54 Å². The first kappa shape index (κ1) is 15.8. The lowest BCUT2D eigenvalue weighted by Crippen LogP contribution is -2.24. The predicted octanol–water partition coefficient (Wildman–Crippen LogP) is 2.70. The summed E-state index contributed by atoms with van der Waals surface area (Å²) < 4.78 is 0. The van der Waals surface area contributed by atoms with Crippen molar-refractivity contribution < 1.29 is 4.79 Å². The molecule has 0 aliphatic heterocycles. The first-order valence-electron chi connectivity index (χ1n) is 7.04. The Morgan fingerprint density at radius 1 is 1.30 bits per heavy atom. The van der Waals surface area contributed by atoms with Crippen LogP contribution in [0.5, 0.6) is 0 Å². The van der Waals surface area contributed by atoms with E-state index in [1.54, 1.807) is 6.07 Å². The number of carbonyl (C=O) groups excluding carboxylic acids is 1. The number of hydrogen-bond donors (Lipinski definition) is 2. The second-order valence-electron chi connectivity index (χ2n) is 5.06. The number of carbonyl (C=O) groups is 1. The van der Waals surface area contributed by atoms with E-state index in [1.165, 1.54) is 28.7 Å². The molecule has 118 valence electrons. The standard InChI is InChI=1S/C16H15N3O2S2/c1-10-2-4-11(5-3-10)8-17-13(20)9-23-16-18-14(21)12-6-7-22-15(12)19-16/h2-7H,8-9H2,1H3,(H,17,20)(H,18,19,21). The Balaban J connectivity index is 1.55. The Morgan fingerprint density at radius 3 is 2.87 bits per heavy atom. The van der Waals surface area contributed by atoms with Crippen LogP contribution in [0.1, 0.15) is 11.1 Å². The van der Waals surface area contributed by atoms with E-state index in [9.17, 15) is 9.59 Å². The van der Waals surface area contributed by atoms with Crippen molar-refractivity contribution >= 4 is 39.2 Å². The summed E-state index contributed by atoms with van der Waals surface area (Å²) in [6.45, 7) is 2.52. The van der Waals surface area contributed by atoms with Crippen molar-refractivity contribution in [3.63, 3.8) is 0 Å². The molecule has 0 saturated heterocycles. The van der Waals surface area contributed by atoms with Crippen LogP contribution >= 0.6 is 23.1 Å². The number of nitrogens with zero attached hydrogens (tertiary/aromatic N) is 1. The zero-order chi connectivity index (χ0) is 16.2. The summed E-state index contributed by atoms with van der Waals surface area (Å²) in [7, 11) is 0. The molecule has 2 N–H and O–H groups in total. The van der Waals surface area contributed by atoms with E-state index >= 15 is 0 Å². The van der Waals surface area contributed by atoms with E-state index in [0.29, 0.717) is 21.9 Å². The number of aromatic nitrogens is 2. The minimum Gasteiger partial charge on any atom is -0.351 e. The molecule has 3 rings (SSSR count). The fraction of sp³-hybridized carbons (Fsp3) is 0.188. The Bertz CT molecular complexity index is 884. The van der Waals surface area contributed by atoms with Crippen molar-refractivity contribution in [2.45, 2.75) is 18.6 Å². The number of aryl methyl sites for hydroxylation is 1. The molecule has 2 aromatic heterocycles. The van der Waals surface area contributed by atoms with E-state index in [1.807, 2.05) is 36.6 Å². The minimum absolute atomic E-state index is 0.0931. The molecule has 7 heteroatoms. The maximum atomic E-state index is 11.9. The van der Waals surface area contributed by atoms with Gasteiger partial charge in [0.05, 0.1) is 11.1 Å². The summed E-state index contributed by atoms with van der Waals surface area (Å²) in [5, 5.41) is 5.74. The number of thiophene rings is 1. The average Bonchev–Trinajstić information content (AvgIpc) is 3.01. The van der Waals surface area contributed by atoms with Gasteiger partial charge in [0.25, 0.3) is 5.56 Å². The van der Waals surface area contributed by atoms with Crippen LogP contribution in [0.3, 0.4) is 0 Å². The molecule has 0 fully saturated rings. The lowest BCUT2D eigenvalue weighted by molar-refractivity contribution is -0.118. The molecule has 0 atom stereocenters. The molecule has 23 heavy (non-hydrogen) atoms. The van der Waals surface area contributed by atoms with Crippen molar-refractivity contribution in [1.82, 2.24) is 15.3 Å². The van der Waals surface area contributed by atoms with Crippen molar-refractivity contribution in [2.75, 3.05) is 5.75 Å². The normalized spacial score (nSPS) is 10.8. The van der Waals surface area contributed by atoms with Crippen molar-refractivity contribution in [1.29, 1.82) is 0 Å². The number of nitrogens with one attached hydrogen (secondary N) is 2. The van der Waals surface area contributed by atoms with E-state index < -0.39 is 0 Å². The van der Waals surface area contributed by atoms with Gasteiger partial charge >= 0.3 is 0 Å². The molecule has 0 aliphatic rings. The van der Waals surface area contributed by atoms with Crippen LogP contribution in [-0.4, -0.2) is 21.6 Å². The Morgan fingerprint density at radius 2 is 2.09 bits per heavy atom. The highest BCUT2D eigenvalue weighted by atomic mass is 32.2. The second-order valence-corrected chi connectivity index (χ2v) is 6.92. The maximum Gasteiger partial charge on any atom is 0.260 e. The number of amides is 1. The van der Waals surface area contributed by atoms with Crippen molar-refractivity contribution in [3.8, 4) is 0 Å². The molecule has 1 amide bonds. The van der Waals surface area contributed by atoms with Crippen LogP contribution in [0, 0.1) is 6.92 Å². The molecule has 3 aromatic rings. The molecule has 2 heterocycles. The third kappa shape index (κ3) is 4.00. The molecule has 0 saturated carbocycles. The van der Waals surface area contributed by atoms with Gasteiger partial charge in [-0.05, 0) is 23.9 Å². The highest BCUT2D eigenvalue weighted by Crippen LogP contribution is 2.18. The number of hydrogen-bond acceptors (Lipinski definition) is 5. The zero-order valence-corrected chi connectivity index (χ0v) is 14.1.